The second-order valence-corrected chi connectivity index (χ2v) is 15.6. The van der Waals surface area contributed by atoms with Gasteiger partial charge >= 0.3 is 0 Å². The van der Waals surface area contributed by atoms with Gasteiger partial charge < -0.3 is 4.42 Å². The molecular weight excluding hydrogens is 707 g/mol. The highest BCUT2D eigenvalue weighted by atomic mass is 16.3. The normalized spacial score (nSPS) is 12.8. The minimum atomic E-state index is -0.236. The quantitative estimate of drug-likeness (QED) is 0.170. The molecular formula is C54H37N3O. The second-order valence-electron chi connectivity index (χ2n) is 15.6. The van der Waals surface area contributed by atoms with E-state index in [0.29, 0.717) is 17.5 Å². The van der Waals surface area contributed by atoms with Crippen molar-refractivity contribution in [1.82, 2.24) is 15.0 Å². The van der Waals surface area contributed by atoms with E-state index in [1.807, 2.05) is 12.1 Å². The molecule has 0 spiro atoms. The largest absolute Gasteiger partial charge is 0.456 e. The molecule has 0 saturated heterocycles. The van der Waals surface area contributed by atoms with E-state index in [9.17, 15) is 0 Å². The minimum absolute atomic E-state index is 0.236. The van der Waals surface area contributed by atoms with E-state index in [1.54, 1.807) is 0 Å². The number of aromatic nitrogens is 3. The molecule has 11 rings (SSSR count). The maximum Gasteiger partial charge on any atom is 0.164 e. The molecule has 0 aliphatic heterocycles. The van der Waals surface area contributed by atoms with E-state index in [-0.39, 0.29) is 5.41 Å². The zero-order valence-electron chi connectivity index (χ0n) is 32.1. The molecule has 2 aromatic heterocycles. The van der Waals surface area contributed by atoms with Crippen molar-refractivity contribution in [3.63, 3.8) is 0 Å². The molecule has 10 aromatic rings. The standard InChI is InChI=1S/C54H37N3O/c1-54(2)46-27-10-9-23-42(46)43-25-13-26-45(50(43)54)53-56-51(39-21-11-19-36(31-39)34-15-5-3-6-16-34)55-52(57-53)40-22-12-20-37(32-40)38-29-30-44-48(33-38)58-47-28-14-24-41(49(44)47)35-17-7-4-8-18-35/h3-33H,1-2H3. The third kappa shape index (κ3) is 5.56. The molecule has 4 nitrogen and oxygen atoms in total. The molecule has 0 N–H and O–H groups in total. The van der Waals surface area contributed by atoms with Crippen molar-refractivity contribution < 1.29 is 4.42 Å². The van der Waals surface area contributed by atoms with Crippen LogP contribution in [0.25, 0.3) is 101 Å². The number of hydrogen-bond acceptors (Lipinski definition) is 4. The van der Waals surface area contributed by atoms with E-state index < -0.39 is 0 Å². The van der Waals surface area contributed by atoms with Crippen LogP contribution in [0.1, 0.15) is 25.0 Å². The predicted molar refractivity (Wildman–Crippen MR) is 237 cm³/mol. The Morgan fingerprint density at radius 3 is 1.62 bits per heavy atom. The van der Waals surface area contributed by atoms with Crippen molar-refractivity contribution in [2.24, 2.45) is 0 Å². The average Bonchev–Trinajstić information content (AvgIpc) is 3.78. The lowest BCUT2D eigenvalue weighted by atomic mass is 9.80. The van der Waals surface area contributed by atoms with E-state index in [4.69, 9.17) is 19.4 Å². The van der Waals surface area contributed by atoms with Crippen LogP contribution < -0.4 is 0 Å². The molecule has 2 heterocycles. The van der Waals surface area contributed by atoms with Crippen molar-refractivity contribution >= 4 is 21.9 Å². The molecule has 274 valence electrons. The van der Waals surface area contributed by atoms with Gasteiger partial charge in [-0.2, -0.15) is 0 Å². The maximum atomic E-state index is 6.51. The summed E-state index contributed by atoms with van der Waals surface area (Å²) in [5.41, 5.74) is 16.1. The molecule has 0 unspecified atom stereocenters. The van der Waals surface area contributed by atoms with Gasteiger partial charge in [0.05, 0.1) is 0 Å². The van der Waals surface area contributed by atoms with Crippen LogP contribution in [0.2, 0.25) is 0 Å². The summed E-state index contributed by atoms with van der Waals surface area (Å²) in [6.07, 6.45) is 0. The lowest BCUT2D eigenvalue weighted by Gasteiger charge is -2.24. The van der Waals surface area contributed by atoms with Gasteiger partial charge in [-0.1, -0.05) is 172 Å². The Labute approximate surface area is 337 Å². The maximum absolute atomic E-state index is 6.51. The molecule has 0 amide bonds. The third-order valence-electron chi connectivity index (χ3n) is 11.7. The topological polar surface area (TPSA) is 51.8 Å². The molecule has 0 radical (unpaired) electrons. The minimum Gasteiger partial charge on any atom is -0.456 e. The van der Waals surface area contributed by atoms with Gasteiger partial charge in [0.25, 0.3) is 0 Å². The highest BCUT2D eigenvalue weighted by Gasteiger charge is 2.38. The van der Waals surface area contributed by atoms with Crippen LogP contribution in [-0.4, -0.2) is 15.0 Å². The fourth-order valence-corrected chi connectivity index (χ4v) is 8.96. The van der Waals surface area contributed by atoms with Gasteiger partial charge in [0.2, 0.25) is 0 Å². The van der Waals surface area contributed by atoms with E-state index >= 15 is 0 Å². The van der Waals surface area contributed by atoms with Crippen molar-refractivity contribution in [2.45, 2.75) is 19.3 Å². The van der Waals surface area contributed by atoms with E-state index in [1.165, 1.54) is 33.4 Å². The predicted octanol–water partition coefficient (Wildman–Crippen LogP) is 14.1. The number of nitrogens with zero attached hydrogens (tertiary/aromatic N) is 3. The van der Waals surface area contributed by atoms with Gasteiger partial charge in [-0.25, -0.2) is 15.0 Å². The van der Waals surface area contributed by atoms with Crippen LogP contribution in [0.15, 0.2) is 192 Å². The fourth-order valence-electron chi connectivity index (χ4n) is 8.96. The van der Waals surface area contributed by atoms with Crippen LogP contribution in [0.4, 0.5) is 0 Å². The van der Waals surface area contributed by atoms with Crippen LogP contribution in [0.5, 0.6) is 0 Å². The summed E-state index contributed by atoms with van der Waals surface area (Å²) in [5.74, 6) is 1.91. The summed E-state index contributed by atoms with van der Waals surface area (Å²) in [6, 6.07) is 66.0. The Morgan fingerprint density at radius 2 is 0.879 bits per heavy atom. The molecule has 0 bridgehead atoms. The summed E-state index contributed by atoms with van der Waals surface area (Å²) in [5, 5.41) is 2.23. The van der Waals surface area contributed by atoms with Gasteiger partial charge in [-0.15, -0.1) is 0 Å². The summed E-state index contributed by atoms with van der Waals surface area (Å²) in [4.78, 5) is 15.8. The molecule has 0 fully saturated rings. The van der Waals surface area contributed by atoms with Gasteiger partial charge in [0.15, 0.2) is 17.5 Å². The van der Waals surface area contributed by atoms with E-state index in [0.717, 1.165) is 60.9 Å². The Bertz CT molecular complexity index is 3200. The molecule has 0 saturated carbocycles. The van der Waals surface area contributed by atoms with Gasteiger partial charge in [0.1, 0.15) is 11.2 Å². The first-order valence-corrected chi connectivity index (χ1v) is 19.8. The molecule has 1 aliphatic carbocycles. The first-order chi connectivity index (χ1) is 28.5. The highest BCUT2D eigenvalue weighted by molar-refractivity contribution is 6.13. The molecule has 0 atom stereocenters. The first-order valence-electron chi connectivity index (χ1n) is 19.8. The lowest BCUT2D eigenvalue weighted by Crippen LogP contribution is -2.17. The van der Waals surface area contributed by atoms with Crippen molar-refractivity contribution in [2.75, 3.05) is 0 Å². The van der Waals surface area contributed by atoms with Crippen molar-refractivity contribution in [3.8, 4) is 78.7 Å². The molecule has 8 aromatic carbocycles. The Morgan fingerprint density at radius 1 is 0.362 bits per heavy atom. The zero-order chi connectivity index (χ0) is 38.8. The summed E-state index contributed by atoms with van der Waals surface area (Å²) in [6.45, 7) is 4.61. The Hall–Kier alpha value is -7.43. The molecule has 58 heavy (non-hydrogen) atoms. The highest BCUT2D eigenvalue weighted by Crippen LogP contribution is 2.52. The first kappa shape index (κ1) is 33.9. The monoisotopic (exact) mass is 743 g/mol. The van der Waals surface area contributed by atoms with Crippen molar-refractivity contribution in [3.05, 3.63) is 199 Å². The Kier molecular flexibility index (Phi) is 7.80. The smallest absolute Gasteiger partial charge is 0.164 e. The van der Waals surface area contributed by atoms with Crippen LogP contribution in [-0.2, 0) is 5.41 Å². The van der Waals surface area contributed by atoms with Crippen LogP contribution in [0, 0.1) is 0 Å². The van der Waals surface area contributed by atoms with Crippen LogP contribution in [0.3, 0.4) is 0 Å². The second kappa shape index (κ2) is 13.4. The van der Waals surface area contributed by atoms with Crippen LogP contribution >= 0.6 is 0 Å². The number of hydrogen-bond donors (Lipinski definition) is 0. The number of furan rings is 1. The van der Waals surface area contributed by atoms with E-state index in [2.05, 4.69) is 190 Å². The SMILES string of the molecule is CC1(C)c2ccccc2-c2cccc(-c3nc(-c4cccc(-c5ccccc5)c4)nc(-c4cccc(-c5ccc6c(c5)oc5cccc(-c7ccccc7)c56)c4)n3)c21. The molecule has 4 heteroatoms. The summed E-state index contributed by atoms with van der Waals surface area (Å²) >= 11 is 0. The van der Waals surface area contributed by atoms with Gasteiger partial charge in [-0.05, 0) is 86.0 Å². The molecule has 1 aliphatic rings. The average molecular weight is 744 g/mol. The fraction of sp³-hybridized carbons (Fsp3) is 0.0556. The number of fused-ring (bicyclic) bond motifs is 6. The summed E-state index contributed by atoms with van der Waals surface area (Å²) in [7, 11) is 0. The van der Waals surface area contributed by atoms with Gasteiger partial charge in [0, 0.05) is 32.9 Å². The summed E-state index contributed by atoms with van der Waals surface area (Å²) < 4.78 is 6.51. The Balaban J connectivity index is 1.06. The zero-order valence-corrected chi connectivity index (χ0v) is 32.1. The number of rotatable bonds is 6. The van der Waals surface area contributed by atoms with Crippen molar-refractivity contribution in [1.29, 1.82) is 0 Å². The van der Waals surface area contributed by atoms with Gasteiger partial charge in [-0.3, -0.25) is 0 Å². The third-order valence-corrected chi connectivity index (χ3v) is 11.7. The lowest BCUT2D eigenvalue weighted by molar-refractivity contribution is 0.661. The number of benzene rings is 8.